The van der Waals surface area contributed by atoms with Gasteiger partial charge >= 0.3 is 0 Å². The normalized spacial score (nSPS) is 10.4. The molecule has 16 heavy (non-hydrogen) atoms. The van der Waals surface area contributed by atoms with Crippen molar-refractivity contribution in [3.8, 4) is 0 Å². The van der Waals surface area contributed by atoms with Crippen LogP contribution in [0, 0.1) is 5.82 Å². The molecule has 0 bridgehead atoms. The molecule has 0 aliphatic carbocycles. The predicted octanol–water partition coefficient (Wildman–Crippen LogP) is 2.74. The Morgan fingerprint density at radius 2 is 2.25 bits per heavy atom. The molecule has 0 saturated carbocycles. The van der Waals surface area contributed by atoms with Gasteiger partial charge in [0.15, 0.2) is 5.78 Å². The van der Waals surface area contributed by atoms with Gasteiger partial charge in [-0.25, -0.2) is 9.37 Å². The number of hydrogen-bond acceptors (Lipinski definition) is 2. The molecule has 0 fully saturated rings. The maximum absolute atomic E-state index is 13.1. The number of aromatic amines is 1. The van der Waals surface area contributed by atoms with E-state index >= 15 is 0 Å². The summed E-state index contributed by atoms with van der Waals surface area (Å²) in [6.07, 6.45) is 3.36. The van der Waals surface area contributed by atoms with Crippen LogP contribution in [0.25, 0.3) is 0 Å². The molecular formula is C11H8BrFN2O. The van der Waals surface area contributed by atoms with E-state index in [1.165, 1.54) is 12.1 Å². The molecule has 0 amide bonds. The zero-order valence-corrected chi connectivity index (χ0v) is 9.79. The predicted molar refractivity (Wildman–Crippen MR) is 60.7 cm³/mol. The lowest BCUT2D eigenvalue weighted by atomic mass is 10.1. The van der Waals surface area contributed by atoms with E-state index in [0.29, 0.717) is 15.9 Å². The Morgan fingerprint density at radius 3 is 2.88 bits per heavy atom. The van der Waals surface area contributed by atoms with Gasteiger partial charge in [0, 0.05) is 22.4 Å². The lowest BCUT2D eigenvalue weighted by molar-refractivity contribution is 0.0990. The maximum Gasteiger partial charge on any atom is 0.170 e. The summed E-state index contributed by atoms with van der Waals surface area (Å²) in [6, 6.07) is 4.12. The van der Waals surface area contributed by atoms with Crippen LogP contribution in [0.3, 0.4) is 0 Å². The van der Waals surface area contributed by atoms with Crippen molar-refractivity contribution in [3.05, 3.63) is 52.3 Å². The van der Waals surface area contributed by atoms with Gasteiger partial charge in [-0.3, -0.25) is 4.79 Å². The van der Waals surface area contributed by atoms with E-state index in [0.717, 1.165) is 0 Å². The van der Waals surface area contributed by atoms with E-state index in [1.54, 1.807) is 18.5 Å². The fourth-order valence-electron chi connectivity index (χ4n) is 1.36. The number of benzene rings is 1. The fraction of sp³-hybridized carbons (Fsp3) is 0.0909. The lowest BCUT2D eigenvalue weighted by Gasteiger charge is -2.00. The van der Waals surface area contributed by atoms with Crippen molar-refractivity contribution in [1.82, 2.24) is 9.97 Å². The van der Waals surface area contributed by atoms with E-state index in [-0.39, 0.29) is 12.2 Å². The van der Waals surface area contributed by atoms with E-state index in [9.17, 15) is 9.18 Å². The van der Waals surface area contributed by atoms with Crippen molar-refractivity contribution < 1.29 is 9.18 Å². The molecule has 0 atom stereocenters. The second-order valence-corrected chi connectivity index (χ2v) is 4.21. The number of halogens is 2. The molecule has 2 aromatic rings. The van der Waals surface area contributed by atoms with Gasteiger partial charge in [0.1, 0.15) is 11.6 Å². The first-order valence-corrected chi connectivity index (χ1v) is 5.42. The van der Waals surface area contributed by atoms with Crippen molar-refractivity contribution >= 4 is 21.7 Å². The van der Waals surface area contributed by atoms with Crippen LogP contribution in [0.2, 0.25) is 0 Å². The molecule has 1 aromatic carbocycles. The Kier molecular flexibility index (Phi) is 3.14. The molecular weight excluding hydrogens is 275 g/mol. The second kappa shape index (κ2) is 4.57. The monoisotopic (exact) mass is 282 g/mol. The maximum atomic E-state index is 13.1. The smallest absolute Gasteiger partial charge is 0.170 e. The molecule has 0 saturated heterocycles. The van der Waals surface area contributed by atoms with Crippen LogP contribution >= 0.6 is 15.9 Å². The van der Waals surface area contributed by atoms with Gasteiger partial charge in [-0.15, -0.1) is 0 Å². The highest BCUT2D eigenvalue weighted by atomic mass is 79.9. The minimum absolute atomic E-state index is 0.142. The summed E-state index contributed by atoms with van der Waals surface area (Å²) in [5, 5.41) is 0. The van der Waals surface area contributed by atoms with Gasteiger partial charge in [0.25, 0.3) is 0 Å². The molecule has 0 aliphatic rings. The number of rotatable bonds is 3. The minimum atomic E-state index is -0.433. The van der Waals surface area contributed by atoms with Gasteiger partial charge in [-0.2, -0.15) is 0 Å². The van der Waals surface area contributed by atoms with Crippen LogP contribution in [-0.4, -0.2) is 15.8 Å². The average Bonchev–Trinajstić information content (AvgIpc) is 2.68. The van der Waals surface area contributed by atoms with Gasteiger partial charge in [-0.1, -0.05) is 15.9 Å². The van der Waals surface area contributed by atoms with Crippen molar-refractivity contribution in [3.63, 3.8) is 0 Å². The lowest BCUT2D eigenvalue weighted by Crippen LogP contribution is -2.05. The second-order valence-electron chi connectivity index (χ2n) is 3.29. The Labute approximate surface area is 99.8 Å². The van der Waals surface area contributed by atoms with Crippen LogP contribution in [0.5, 0.6) is 0 Å². The Bertz CT molecular complexity index is 490. The van der Waals surface area contributed by atoms with Crippen LogP contribution in [0.15, 0.2) is 35.1 Å². The van der Waals surface area contributed by atoms with Crippen LogP contribution < -0.4 is 0 Å². The Morgan fingerprint density at radius 1 is 1.44 bits per heavy atom. The van der Waals surface area contributed by atoms with E-state index in [1.807, 2.05) is 0 Å². The molecule has 0 radical (unpaired) electrons. The first-order chi connectivity index (χ1) is 7.65. The number of H-pyrrole nitrogens is 1. The van der Waals surface area contributed by atoms with Crippen LogP contribution in [0.1, 0.15) is 16.2 Å². The first kappa shape index (κ1) is 11.0. The van der Waals surface area contributed by atoms with Crippen molar-refractivity contribution in [2.45, 2.75) is 6.42 Å². The highest BCUT2D eigenvalue weighted by Gasteiger charge is 2.10. The number of nitrogens with one attached hydrogen (secondary N) is 1. The number of aromatic nitrogens is 2. The highest BCUT2D eigenvalue weighted by Crippen LogP contribution is 2.16. The zero-order chi connectivity index (χ0) is 11.5. The van der Waals surface area contributed by atoms with Gasteiger partial charge < -0.3 is 4.98 Å². The molecule has 0 aliphatic heterocycles. The molecule has 1 aromatic heterocycles. The Balaban J connectivity index is 2.21. The number of carbonyl (C=O) groups excluding carboxylic acids is 1. The number of Topliss-reactive ketones (excluding diaryl/α,β-unsaturated/α-hetero) is 1. The molecule has 5 heteroatoms. The van der Waals surface area contributed by atoms with Crippen molar-refractivity contribution in [1.29, 1.82) is 0 Å². The molecule has 0 spiro atoms. The summed E-state index contributed by atoms with van der Waals surface area (Å²) >= 11 is 3.14. The summed E-state index contributed by atoms with van der Waals surface area (Å²) in [5.74, 6) is -0.0299. The number of nitrogens with zero attached hydrogens (tertiary/aromatic N) is 1. The highest BCUT2D eigenvalue weighted by molar-refractivity contribution is 9.10. The zero-order valence-electron chi connectivity index (χ0n) is 8.21. The third-order valence-electron chi connectivity index (χ3n) is 2.07. The molecule has 2 rings (SSSR count). The number of ketones is 1. The molecule has 82 valence electrons. The summed E-state index contributed by atoms with van der Waals surface area (Å²) in [7, 11) is 0. The quantitative estimate of drug-likeness (QED) is 0.880. The van der Waals surface area contributed by atoms with Crippen LogP contribution in [-0.2, 0) is 6.42 Å². The molecule has 3 nitrogen and oxygen atoms in total. The van der Waals surface area contributed by atoms with Crippen molar-refractivity contribution in [2.75, 3.05) is 0 Å². The van der Waals surface area contributed by atoms with E-state index < -0.39 is 5.82 Å². The largest absolute Gasteiger partial charge is 0.348 e. The van der Waals surface area contributed by atoms with Gasteiger partial charge in [-0.05, 0) is 18.2 Å². The SMILES string of the molecule is O=C(Cc1ncc[nH]1)c1cc(F)cc(Br)c1. The standard InChI is InChI=1S/C11H8BrFN2O/c12-8-3-7(4-9(13)5-8)10(16)6-11-14-1-2-15-11/h1-5H,6H2,(H,14,15). The van der Waals surface area contributed by atoms with E-state index in [2.05, 4.69) is 25.9 Å². The van der Waals surface area contributed by atoms with Crippen LogP contribution in [0.4, 0.5) is 4.39 Å². The average molecular weight is 283 g/mol. The molecule has 1 heterocycles. The summed E-state index contributed by atoms with van der Waals surface area (Å²) in [6.45, 7) is 0. The van der Waals surface area contributed by atoms with E-state index in [4.69, 9.17) is 0 Å². The number of imidazole rings is 1. The first-order valence-electron chi connectivity index (χ1n) is 4.63. The fourth-order valence-corrected chi connectivity index (χ4v) is 1.83. The topological polar surface area (TPSA) is 45.8 Å². The third-order valence-corrected chi connectivity index (χ3v) is 2.53. The van der Waals surface area contributed by atoms with Crippen molar-refractivity contribution in [2.24, 2.45) is 0 Å². The van der Waals surface area contributed by atoms with Gasteiger partial charge in [0.05, 0.1) is 6.42 Å². The Hall–Kier alpha value is -1.49. The van der Waals surface area contributed by atoms with Gasteiger partial charge in [0.2, 0.25) is 0 Å². The third kappa shape index (κ3) is 2.55. The molecule has 0 unspecified atom stereocenters. The number of hydrogen-bond donors (Lipinski definition) is 1. The summed E-state index contributed by atoms with van der Waals surface area (Å²) < 4.78 is 13.6. The summed E-state index contributed by atoms with van der Waals surface area (Å²) in [4.78, 5) is 18.5. The minimum Gasteiger partial charge on any atom is -0.348 e. The molecule has 1 N–H and O–H groups in total. The number of carbonyl (C=O) groups is 1. The summed E-state index contributed by atoms with van der Waals surface area (Å²) in [5.41, 5.74) is 0.336.